The zero-order valence-corrected chi connectivity index (χ0v) is 11.1. The highest BCUT2D eigenvalue weighted by molar-refractivity contribution is 7.94. The third-order valence-electron chi connectivity index (χ3n) is 3.82. The SMILES string of the molecule is O=C1Nc2ccc(Cl)cc2S(=O)(=O)C12CCCC2. The van der Waals surface area contributed by atoms with Crippen molar-refractivity contribution in [2.45, 2.75) is 35.3 Å². The standard InChI is InChI=1S/C12H12ClNO3S/c13-8-3-4-9-10(7-8)18(16,17)12(11(15)14-9)5-1-2-6-12/h3-4,7H,1-2,5-6H2,(H,14,15). The van der Waals surface area contributed by atoms with Crippen LogP contribution in [0.4, 0.5) is 5.69 Å². The number of halogens is 1. The molecule has 0 bridgehead atoms. The lowest BCUT2D eigenvalue weighted by Gasteiger charge is -2.33. The molecule has 4 nitrogen and oxygen atoms in total. The minimum absolute atomic E-state index is 0.150. The van der Waals surface area contributed by atoms with E-state index in [1.54, 1.807) is 6.07 Å². The van der Waals surface area contributed by atoms with Crippen molar-refractivity contribution in [3.63, 3.8) is 0 Å². The first kappa shape index (κ1) is 12.0. The Morgan fingerprint density at radius 2 is 1.89 bits per heavy atom. The second kappa shape index (κ2) is 3.71. The minimum Gasteiger partial charge on any atom is -0.324 e. The quantitative estimate of drug-likeness (QED) is 0.796. The Morgan fingerprint density at radius 3 is 2.56 bits per heavy atom. The van der Waals surface area contributed by atoms with Gasteiger partial charge in [0.2, 0.25) is 5.91 Å². The Hall–Kier alpha value is -1.07. The number of benzene rings is 1. The maximum absolute atomic E-state index is 12.7. The van der Waals surface area contributed by atoms with Crippen molar-refractivity contribution in [3.8, 4) is 0 Å². The molecular weight excluding hydrogens is 274 g/mol. The van der Waals surface area contributed by atoms with E-state index in [-0.39, 0.29) is 4.90 Å². The maximum Gasteiger partial charge on any atom is 0.246 e. The van der Waals surface area contributed by atoms with E-state index in [2.05, 4.69) is 5.32 Å². The molecule has 0 radical (unpaired) electrons. The zero-order chi connectivity index (χ0) is 13.0. The molecule has 0 aromatic heterocycles. The molecule has 1 heterocycles. The van der Waals surface area contributed by atoms with E-state index >= 15 is 0 Å². The van der Waals surface area contributed by atoms with Gasteiger partial charge in [0.1, 0.15) is 0 Å². The summed E-state index contributed by atoms with van der Waals surface area (Å²) in [5, 5.41) is 3.06. The highest BCUT2D eigenvalue weighted by Crippen LogP contribution is 2.46. The summed E-state index contributed by atoms with van der Waals surface area (Å²) in [6.45, 7) is 0. The van der Waals surface area contributed by atoms with Crippen LogP contribution in [0.25, 0.3) is 0 Å². The summed E-state index contributed by atoms with van der Waals surface area (Å²) in [6.07, 6.45) is 2.32. The van der Waals surface area contributed by atoms with Gasteiger partial charge in [-0.05, 0) is 31.0 Å². The summed E-state index contributed by atoms with van der Waals surface area (Å²) < 4.78 is 24.1. The van der Waals surface area contributed by atoms with Crippen molar-refractivity contribution in [1.29, 1.82) is 0 Å². The first-order valence-electron chi connectivity index (χ1n) is 5.83. The number of carbonyl (C=O) groups is 1. The van der Waals surface area contributed by atoms with E-state index in [9.17, 15) is 13.2 Å². The summed E-state index contributed by atoms with van der Waals surface area (Å²) in [6, 6.07) is 4.53. The fourth-order valence-electron chi connectivity index (χ4n) is 2.83. The summed E-state index contributed by atoms with van der Waals surface area (Å²) in [4.78, 5) is 12.3. The van der Waals surface area contributed by atoms with Crippen LogP contribution < -0.4 is 5.32 Å². The van der Waals surface area contributed by atoms with Crippen molar-refractivity contribution < 1.29 is 13.2 Å². The van der Waals surface area contributed by atoms with Gasteiger partial charge in [-0.15, -0.1) is 0 Å². The molecule has 1 fully saturated rings. The number of rotatable bonds is 0. The lowest BCUT2D eigenvalue weighted by atomic mass is 10.1. The Labute approximate surface area is 110 Å². The van der Waals surface area contributed by atoms with E-state index in [1.807, 2.05) is 0 Å². The zero-order valence-electron chi connectivity index (χ0n) is 9.57. The average Bonchev–Trinajstić information content (AvgIpc) is 2.80. The van der Waals surface area contributed by atoms with Crippen molar-refractivity contribution >= 4 is 33.0 Å². The van der Waals surface area contributed by atoms with Crippen LogP contribution in [0.1, 0.15) is 25.7 Å². The Bertz CT molecular complexity index is 633. The first-order chi connectivity index (χ1) is 8.47. The molecule has 3 rings (SSSR count). The van der Waals surface area contributed by atoms with Gasteiger partial charge in [-0.25, -0.2) is 8.42 Å². The lowest BCUT2D eigenvalue weighted by Crippen LogP contribution is -2.50. The molecule has 6 heteroatoms. The van der Waals surface area contributed by atoms with Gasteiger partial charge >= 0.3 is 0 Å². The number of anilines is 1. The number of fused-ring (bicyclic) bond motifs is 1. The fraction of sp³-hybridized carbons (Fsp3) is 0.417. The number of amides is 1. The van der Waals surface area contributed by atoms with Crippen LogP contribution >= 0.6 is 11.6 Å². The Kier molecular flexibility index (Phi) is 2.47. The van der Waals surface area contributed by atoms with Crippen LogP contribution in [-0.4, -0.2) is 19.1 Å². The molecule has 18 heavy (non-hydrogen) atoms. The molecule has 1 N–H and O–H groups in total. The second-order valence-electron chi connectivity index (χ2n) is 4.80. The number of hydrogen-bond donors (Lipinski definition) is 1. The molecule has 1 aromatic carbocycles. The van der Waals surface area contributed by atoms with Gasteiger partial charge in [0.05, 0.1) is 10.6 Å². The highest BCUT2D eigenvalue weighted by atomic mass is 35.5. The molecule has 0 saturated heterocycles. The molecule has 0 unspecified atom stereocenters. The number of nitrogens with one attached hydrogen (secondary N) is 1. The Balaban J connectivity index is 2.28. The molecule has 1 amide bonds. The highest BCUT2D eigenvalue weighted by Gasteiger charge is 2.56. The van der Waals surface area contributed by atoms with Crippen LogP contribution in [0, 0.1) is 0 Å². The normalized spacial score (nSPS) is 23.7. The van der Waals surface area contributed by atoms with E-state index in [4.69, 9.17) is 11.6 Å². The van der Waals surface area contributed by atoms with Gasteiger partial charge in [0.25, 0.3) is 0 Å². The molecule has 0 atom stereocenters. The van der Waals surface area contributed by atoms with Crippen molar-refractivity contribution in [3.05, 3.63) is 23.2 Å². The Morgan fingerprint density at radius 1 is 1.22 bits per heavy atom. The van der Waals surface area contributed by atoms with Crippen molar-refractivity contribution in [2.75, 3.05) is 5.32 Å². The van der Waals surface area contributed by atoms with Gasteiger partial charge in [-0.3, -0.25) is 4.79 Å². The first-order valence-corrected chi connectivity index (χ1v) is 7.69. The summed E-state index contributed by atoms with van der Waals surface area (Å²) in [5.74, 6) is -0.394. The molecule has 1 aliphatic heterocycles. The molecule has 1 aliphatic carbocycles. The lowest BCUT2D eigenvalue weighted by molar-refractivity contribution is -0.118. The second-order valence-corrected chi connectivity index (χ2v) is 7.46. The third kappa shape index (κ3) is 1.37. The van der Waals surface area contributed by atoms with Gasteiger partial charge in [0.15, 0.2) is 14.6 Å². The predicted molar refractivity (Wildman–Crippen MR) is 68.5 cm³/mol. The molecule has 1 spiro atoms. The van der Waals surface area contributed by atoms with Gasteiger partial charge in [0, 0.05) is 5.02 Å². The summed E-state index contributed by atoms with van der Waals surface area (Å²) in [7, 11) is -3.65. The maximum atomic E-state index is 12.7. The van der Waals surface area contributed by atoms with E-state index in [1.165, 1.54) is 12.1 Å². The topological polar surface area (TPSA) is 63.2 Å². The van der Waals surface area contributed by atoms with E-state index in [0.717, 1.165) is 12.8 Å². The van der Waals surface area contributed by atoms with Crippen LogP contribution in [0.5, 0.6) is 0 Å². The van der Waals surface area contributed by atoms with Gasteiger partial charge in [-0.2, -0.15) is 0 Å². The summed E-state index contributed by atoms with van der Waals surface area (Å²) in [5.41, 5.74) is 0.335. The molecular formula is C12H12ClNO3S. The monoisotopic (exact) mass is 285 g/mol. The van der Waals surface area contributed by atoms with Gasteiger partial charge in [-0.1, -0.05) is 24.4 Å². The van der Waals surface area contributed by atoms with Crippen LogP contribution in [0.15, 0.2) is 23.1 Å². The minimum atomic E-state index is -3.65. The number of carbonyl (C=O) groups excluding carboxylic acids is 1. The molecule has 1 saturated carbocycles. The summed E-state index contributed by atoms with van der Waals surface area (Å²) >= 11 is 5.86. The van der Waals surface area contributed by atoms with Crippen molar-refractivity contribution in [2.24, 2.45) is 0 Å². The fourth-order valence-corrected chi connectivity index (χ4v) is 5.30. The smallest absolute Gasteiger partial charge is 0.246 e. The molecule has 2 aliphatic rings. The van der Waals surface area contributed by atoms with Crippen molar-refractivity contribution in [1.82, 2.24) is 0 Å². The third-order valence-corrected chi connectivity index (χ3v) is 6.60. The predicted octanol–water partition coefficient (Wildman–Crippen LogP) is 2.38. The average molecular weight is 286 g/mol. The molecule has 1 aromatic rings. The molecule has 96 valence electrons. The van der Waals surface area contributed by atoms with Crippen LogP contribution in [0.2, 0.25) is 5.02 Å². The van der Waals surface area contributed by atoms with E-state index in [0.29, 0.717) is 23.6 Å². The van der Waals surface area contributed by atoms with E-state index < -0.39 is 20.5 Å². The largest absolute Gasteiger partial charge is 0.324 e. The van der Waals surface area contributed by atoms with Gasteiger partial charge < -0.3 is 5.32 Å². The van der Waals surface area contributed by atoms with Crippen LogP contribution in [-0.2, 0) is 14.6 Å². The number of hydrogen-bond acceptors (Lipinski definition) is 3. The van der Waals surface area contributed by atoms with Crippen LogP contribution in [0.3, 0.4) is 0 Å². The number of sulfone groups is 1.